The van der Waals surface area contributed by atoms with Gasteiger partial charge < -0.3 is 15.0 Å². The summed E-state index contributed by atoms with van der Waals surface area (Å²) in [4.78, 5) is 27.7. The van der Waals surface area contributed by atoms with Gasteiger partial charge >= 0.3 is 0 Å². The van der Waals surface area contributed by atoms with E-state index in [9.17, 15) is 28.4 Å². The normalized spacial score (nSPS) is 16.9. The summed E-state index contributed by atoms with van der Waals surface area (Å²) in [6.45, 7) is 4.92. The van der Waals surface area contributed by atoms with Crippen molar-refractivity contribution in [1.29, 1.82) is 0 Å². The second kappa shape index (κ2) is 10.6. The first-order valence-electron chi connectivity index (χ1n) is 12.0. The van der Waals surface area contributed by atoms with E-state index in [4.69, 9.17) is 0 Å². The zero-order valence-corrected chi connectivity index (χ0v) is 21.3. The third-order valence-electron chi connectivity index (χ3n) is 6.50. The van der Waals surface area contributed by atoms with Crippen molar-refractivity contribution in [3.63, 3.8) is 0 Å². The average molecular weight is 529 g/mol. The minimum atomic E-state index is -4.26. The van der Waals surface area contributed by atoms with Crippen LogP contribution in [0.5, 0.6) is 5.88 Å². The van der Waals surface area contributed by atoms with Crippen LogP contribution in [0.2, 0.25) is 0 Å². The summed E-state index contributed by atoms with van der Waals surface area (Å²) in [7, 11) is -4.26. The molecule has 3 aromatic rings. The Morgan fingerprint density at radius 1 is 1.22 bits per heavy atom. The number of carbonyl (C=O) groups is 1. The fourth-order valence-electron chi connectivity index (χ4n) is 4.52. The number of azo groups is 1. The number of aromatic hydroxyl groups is 1. The molecule has 196 valence electrons. The third-order valence-corrected chi connectivity index (χ3v) is 8.39. The van der Waals surface area contributed by atoms with Crippen LogP contribution in [-0.2, 0) is 14.8 Å². The molecule has 12 nitrogen and oxygen atoms in total. The Labute approximate surface area is 213 Å². The number of aromatic amines is 1. The number of rotatable bonds is 8. The fraction of sp³-hybridized carbons (Fsp3) is 0.375. The molecule has 2 aromatic carbocycles. The molecule has 1 amide bonds. The molecule has 1 aliphatic heterocycles. The van der Waals surface area contributed by atoms with Gasteiger partial charge in [0.1, 0.15) is 10.6 Å². The van der Waals surface area contributed by atoms with Crippen molar-refractivity contribution in [3.05, 3.63) is 52.6 Å². The number of hydrogen-bond acceptors (Lipinski definition) is 8. The quantitative estimate of drug-likeness (QED) is 0.249. The molecule has 1 aromatic heterocycles. The highest BCUT2D eigenvalue weighted by atomic mass is 32.2. The van der Waals surface area contributed by atoms with Gasteiger partial charge in [0.2, 0.25) is 21.8 Å². The zero-order chi connectivity index (χ0) is 26.7. The highest BCUT2D eigenvalue weighted by molar-refractivity contribution is 7.89. The number of hydrogen-bond donors (Lipinski definition) is 2. The molecule has 0 saturated carbocycles. The summed E-state index contributed by atoms with van der Waals surface area (Å²) in [5, 5.41) is 30.4. The standard InChI is InChI=1S/C24H28N6O6S/c1-3-28(4-2)24(32)16-8-7-13-29(15-16)37(35,36)21-14-17(30(33)34)11-12-20(21)26-27-22-18-9-5-6-10-19(18)25-23(22)31/h5-6,9-12,14,16,25,31H,3-4,7-8,13,15H2,1-2H3/t16-/m1/s1. The first-order chi connectivity index (χ1) is 17.7. The number of fused-ring (bicyclic) bond motifs is 1. The van der Waals surface area contributed by atoms with Crippen molar-refractivity contribution in [2.75, 3.05) is 26.2 Å². The van der Waals surface area contributed by atoms with E-state index >= 15 is 0 Å². The molecule has 1 saturated heterocycles. The monoisotopic (exact) mass is 528 g/mol. The molecule has 1 aliphatic rings. The molecule has 1 atom stereocenters. The Kier molecular flexibility index (Phi) is 7.55. The number of non-ortho nitro benzene ring substituents is 1. The second-order valence-corrected chi connectivity index (χ2v) is 10.6. The number of nitrogens with zero attached hydrogens (tertiary/aromatic N) is 5. The third kappa shape index (κ3) is 5.18. The summed E-state index contributed by atoms with van der Waals surface area (Å²) >= 11 is 0. The predicted octanol–water partition coefficient (Wildman–Crippen LogP) is 4.47. The summed E-state index contributed by atoms with van der Waals surface area (Å²) < 4.78 is 28.6. The number of aromatic nitrogens is 1. The number of amides is 1. The Morgan fingerprint density at radius 2 is 1.95 bits per heavy atom. The molecule has 37 heavy (non-hydrogen) atoms. The van der Waals surface area contributed by atoms with E-state index in [2.05, 4.69) is 15.2 Å². The molecular formula is C24H28N6O6S. The van der Waals surface area contributed by atoms with Gasteiger partial charge in [-0.05, 0) is 38.8 Å². The van der Waals surface area contributed by atoms with Gasteiger partial charge in [-0.25, -0.2) is 8.42 Å². The van der Waals surface area contributed by atoms with Gasteiger partial charge in [-0.3, -0.25) is 14.9 Å². The van der Waals surface area contributed by atoms with Crippen molar-refractivity contribution in [1.82, 2.24) is 14.2 Å². The minimum Gasteiger partial charge on any atom is -0.493 e. The van der Waals surface area contributed by atoms with Gasteiger partial charge in [-0.1, -0.05) is 18.2 Å². The van der Waals surface area contributed by atoms with Gasteiger partial charge in [-0.15, -0.1) is 10.2 Å². The van der Waals surface area contributed by atoms with Crippen LogP contribution in [0.4, 0.5) is 17.1 Å². The molecule has 0 bridgehead atoms. The molecule has 0 radical (unpaired) electrons. The first-order valence-corrected chi connectivity index (χ1v) is 13.4. The smallest absolute Gasteiger partial charge is 0.270 e. The minimum absolute atomic E-state index is 0.0276. The fourth-order valence-corrected chi connectivity index (χ4v) is 6.19. The van der Waals surface area contributed by atoms with Crippen LogP contribution in [0.3, 0.4) is 0 Å². The van der Waals surface area contributed by atoms with Crippen molar-refractivity contribution in [2.45, 2.75) is 31.6 Å². The highest BCUT2D eigenvalue weighted by Crippen LogP contribution is 2.38. The maximum atomic E-state index is 13.7. The van der Waals surface area contributed by atoms with Gasteiger partial charge in [0.25, 0.3) is 5.69 Å². The molecular weight excluding hydrogens is 500 g/mol. The van der Waals surface area contributed by atoms with Crippen LogP contribution in [0.1, 0.15) is 26.7 Å². The highest BCUT2D eigenvalue weighted by Gasteiger charge is 2.36. The van der Waals surface area contributed by atoms with E-state index < -0.39 is 26.6 Å². The van der Waals surface area contributed by atoms with E-state index in [-0.39, 0.29) is 41.1 Å². The SMILES string of the molecule is CCN(CC)C(=O)[C@@H]1CCCN(S(=O)(=O)c2cc([N+](=O)[O-])ccc2N=Nc2c(O)[nH]c3ccccc23)C1. The van der Waals surface area contributed by atoms with Crippen molar-refractivity contribution in [2.24, 2.45) is 16.1 Å². The topological polar surface area (TPSA) is 162 Å². The van der Waals surface area contributed by atoms with Gasteiger partial charge in [-0.2, -0.15) is 4.31 Å². The Morgan fingerprint density at radius 3 is 2.65 bits per heavy atom. The van der Waals surface area contributed by atoms with Crippen LogP contribution >= 0.6 is 0 Å². The zero-order valence-electron chi connectivity index (χ0n) is 20.5. The number of para-hydroxylation sites is 1. The number of sulfonamides is 1. The van der Waals surface area contributed by atoms with Gasteiger partial charge in [0.15, 0.2) is 5.69 Å². The second-order valence-electron chi connectivity index (χ2n) is 8.69. The largest absolute Gasteiger partial charge is 0.493 e. The van der Waals surface area contributed by atoms with Crippen LogP contribution in [0.25, 0.3) is 10.9 Å². The van der Waals surface area contributed by atoms with Crippen LogP contribution in [0, 0.1) is 16.0 Å². The van der Waals surface area contributed by atoms with Crippen LogP contribution in [0.15, 0.2) is 57.6 Å². The lowest BCUT2D eigenvalue weighted by Crippen LogP contribution is -2.46. The molecule has 0 unspecified atom stereocenters. The van der Waals surface area contributed by atoms with E-state index in [1.54, 1.807) is 29.2 Å². The Hall–Kier alpha value is -3.84. The number of carbonyl (C=O) groups excluding carboxylic acids is 1. The Bertz CT molecular complexity index is 1460. The molecule has 13 heteroatoms. The number of nitro benzene ring substituents is 1. The van der Waals surface area contributed by atoms with Gasteiger partial charge in [0, 0.05) is 43.7 Å². The number of piperidine rings is 1. The lowest BCUT2D eigenvalue weighted by molar-refractivity contribution is -0.385. The molecule has 0 spiro atoms. The van der Waals surface area contributed by atoms with Gasteiger partial charge in [0.05, 0.1) is 16.4 Å². The Balaban J connectivity index is 1.72. The number of benzene rings is 2. The number of nitrogens with one attached hydrogen (secondary N) is 1. The summed E-state index contributed by atoms with van der Waals surface area (Å²) in [5.41, 5.74) is 0.190. The summed E-state index contributed by atoms with van der Waals surface area (Å²) in [6.07, 6.45) is 1.04. The van der Waals surface area contributed by atoms with E-state index in [1.165, 1.54) is 10.4 Å². The molecule has 0 aliphatic carbocycles. The predicted molar refractivity (Wildman–Crippen MR) is 137 cm³/mol. The number of nitro groups is 1. The molecule has 2 heterocycles. The van der Waals surface area contributed by atoms with Crippen LogP contribution < -0.4 is 0 Å². The lowest BCUT2D eigenvalue weighted by atomic mass is 9.98. The maximum absolute atomic E-state index is 13.7. The van der Waals surface area contributed by atoms with E-state index in [0.717, 1.165) is 12.1 Å². The summed E-state index contributed by atoms with van der Waals surface area (Å²) in [6, 6.07) is 10.3. The molecule has 4 rings (SSSR count). The summed E-state index contributed by atoms with van der Waals surface area (Å²) in [5.74, 6) is -0.862. The van der Waals surface area contributed by atoms with E-state index in [1.807, 2.05) is 13.8 Å². The molecule has 2 N–H and O–H groups in total. The maximum Gasteiger partial charge on any atom is 0.270 e. The van der Waals surface area contributed by atoms with Crippen molar-refractivity contribution in [3.8, 4) is 5.88 Å². The average Bonchev–Trinajstić information content (AvgIpc) is 3.22. The molecule has 1 fully saturated rings. The lowest BCUT2D eigenvalue weighted by Gasteiger charge is -2.33. The number of H-pyrrole nitrogens is 1. The van der Waals surface area contributed by atoms with Crippen molar-refractivity contribution < 1.29 is 23.2 Å². The van der Waals surface area contributed by atoms with Crippen LogP contribution in [-0.4, -0.2) is 64.7 Å². The first kappa shape index (κ1) is 26.2. The van der Waals surface area contributed by atoms with Crippen molar-refractivity contribution >= 4 is 43.9 Å². The van der Waals surface area contributed by atoms with E-state index in [0.29, 0.717) is 36.8 Å².